The minimum atomic E-state index is -4.51. The maximum atomic E-state index is 12.9. The molecule has 0 radical (unpaired) electrons. The molecule has 3 N–H and O–H groups in total. The zero-order chi connectivity index (χ0) is 16.5. The first kappa shape index (κ1) is 15.9. The van der Waals surface area contributed by atoms with Crippen molar-refractivity contribution in [2.45, 2.75) is 12.2 Å². The topological polar surface area (TPSA) is 71.7 Å². The van der Waals surface area contributed by atoms with Gasteiger partial charge in [0.15, 0.2) is 0 Å². The number of halogens is 4. The normalized spacial score (nSPS) is 18.7. The van der Waals surface area contributed by atoms with Crippen molar-refractivity contribution in [3.63, 3.8) is 0 Å². The molecule has 1 aromatic rings. The molecule has 4 nitrogen and oxygen atoms in total. The van der Waals surface area contributed by atoms with Crippen molar-refractivity contribution in [1.82, 2.24) is 5.32 Å². The number of hydrogen-bond acceptors (Lipinski definition) is 4. The van der Waals surface area contributed by atoms with Gasteiger partial charge in [0.05, 0.1) is 22.3 Å². The SMILES string of the molecule is C=CC1N/C(=C/C(=N)C#N)Nc2c(Cl)cc(C(F)(F)F)cc21. The summed E-state index contributed by atoms with van der Waals surface area (Å²) in [5.41, 5.74) is -0.598. The predicted octanol–water partition coefficient (Wildman–Crippen LogP) is 3.99. The number of rotatable bonds is 2. The molecule has 1 heterocycles. The fourth-order valence-corrected chi connectivity index (χ4v) is 2.30. The van der Waals surface area contributed by atoms with Gasteiger partial charge in [-0.15, -0.1) is 6.58 Å². The number of anilines is 1. The molecule has 22 heavy (non-hydrogen) atoms. The standard InChI is InChI=1S/C14H10ClF3N4/c1-2-11-9-3-7(14(16,17)18)4-10(15)13(9)22-12(21-11)5-8(20)6-19/h2-5,11,20-22H,1H2/b12-5-,20-8?. The van der Waals surface area contributed by atoms with Gasteiger partial charge in [-0.1, -0.05) is 17.7 Å². The van der Waals surface area contributed by atoms with Crippen LogP contribution in [-0.4, -0.2) is 5.71 Å². The fourth-order valence-electron chi connectivity index (χ4n) is 2.03. The van der Waals surface area contributed by atoms with Crippen molar-refractivity contribution in [3.05, 3.63) is 52.8 Å². The maximum Gasteiger partial charge on any atom is 0.416 e. The summed E-state index contributed by atoms with van der Waals surface area (Å²) < 4.78 is 38.6. The molecule has 114 valence electrons. The van der Waals surface area contributed by atoms with E-state index in [2.05, 4.69) is 17.2 Å². The van der Waals surface area contributed by atoms with E-state index < -0.39 is 17.8 Å². The molecule has 1 aromatic carbocycles. The molecule has 0 aliphatic carbocycles. The fraction of sp³-hybridized carbons (Fsp3) is 0.143. The van der Waals surface area contributed by atoms with E-state index in [1.165, 1.54) is 12.2 Å². The van der Waals surface area contributed by atoms with Crippen molar-refractivity contribution >= 4 is 23.0 Å². The van der Waals surface area contributed by atoms with Crippen LogP contribution in [0, 0.1) is 16.7 Å². The Morgan fingerprint density at radius 1 is 1.45 bits per heavy atom. The van der Waals surface area contributed by atoms with Gasteiger partial charge >= 0.3 is 6.18 Å². The molecule has 1 aliphatic heterocycles. The number of fused-ring (bicyclic) bond motifs is 1. The molecule has 1 unspecified atom stereocenters. The Bertz CT molecular complexity index is 716. The average Bonchev–Trinajstić information content (AvgIpc) is 2.45. The molecule has 0 amide bonds. The molecule has 0 bridgehead atoms. The highest BCUT2D eigenvalue weighted by Gasteiger charge is 2.34. The van der Waals surface area contributed by atoms with E-state index in [-0.39, 0.29) is 27.8 Å². The smallest absolute Gasteiger partial charge is 0.361 e. The summed E-state index contributed by atoms with van der Waals surface area (Å²) in [6.07, 6.45) is -1.88. The minimum Gasteiger partial charge on any atom is -0.361 e. The van der Waals surface area contributed by atoms with Crippen molar-refractivity contribution < 1.29 is 13.2 Å². The van der Waals surface area contributed by atoms with Crippen LogP contribution in [0.1, 0.15) is 17.2 Å². The van der Waals surface area contributed by atoms with Crippen LogP contribution in [0.4, 0.5) is 18.9 Å². The van der Waals surface area contributed by atoms with E-state index in [0.717, 1.165) is 12.1 Å². The third-order valence-corrected chi connectivity index (χ3v) is 3.30. The second-order valence-electron chi connectivity index (χ2n) is 4.49. The second kappa shape index (κ2) is 5.73. The highest BCUT2D eigenvalue weighted by molar-refractivity contribution is 6.33. The Labute approximate surface area is 129 Å². The van der Waals surface area contributed by atoms with Crippen LogP contribution < -0.4 is 10.6 Å². The highest BCUT2D eigenvalue weighted by atomic mass is 35.5. The molecule has 8 heteroatoms. The summed E-state index contributed by atoms with van der Waals surface area (Å²) in [6, 6.07) is 2.81. The first-order valence-electron chi connectivity index (χ1n) is 6.03. The van der Waals surface area contributed by atoms with Gasteiger partial charge in [-0.25, -0.2) is 0 Å². The van der Waals surface area contributed by atoms with Gasteiger partial charge in [-0.2, -0.15) is 18.4 Å². The molecule has 0 spiro atoms. The molecule has 0 aromatic heterocycles. The second-order valence-corrected chi connectivity index (χ2v) is 4.89. The molecule has 0 saturated heterocycles. The maximum absolute atomic E-state index is 12.9. The Morgan fingerprint density at radius 3 is 2.68 bits per heavy atom. The highest BCUT2D eigenvalue weighted by Crippen LogP contribution is 2.41. The molecular weight excluding hydrogens is 317 g/mol. The summed E-state index contributed by atoms with van der Waals surface area (Å²) in [7, 11) is 0. The third-order valence-electron chi connectivity index (χ3n) is 3.00. The Kier molecular flexibility index (Phi) is 4.15. The van der Waals surface area contributed by atoms with E-state index in [0.29, 0.717) is 0 Å². The molecule has 1 atom stereocenters. The van der Waals surface area contributed by atoms with Gasteiger partial charge in [0.1, 0.15) is 17.6 Å². The molecule has 1 aliphatic rings. The van der Waals surface area contributed by atoms with E-state index in [1.54, 1.807) is 6.07 Å². The lowest BCUT2D eigenvalue weighted by molar-refractivity contribution is -0.137. The number of nitriles is 1. The largest absolute Gasteiger partial charge is 0.416 e. The Morgan fingerprint density at radius 2 is 2.14 bits per heavy atom. The lowest BCUT2D eigenvalue weighted by atomic mass is 9.99. The lowest BCUT2D eigenvalue weighted by Gasteiger charge is -2.30. The monoisotopic (exact) mass is 326 g/mol. The van der Waals surface area contributed by atoms with E-state index in [4.69, 9.17) is 22.3 Å². The predicted molar refractivity (Wildman–Crippen MR) is 77.6 cm³/mol. The first-order valence-corrected chi connectivity index (χ1v) is 6.41. The van der Waals surface area contributed by atoms with Crippen molar-refractivity contribution in [3.8, 4) is 6.07 Å². The molecule has 0 fully saturated rings. The van der Waals surface area contributed by atoms with Crippen LogP contribution in [0.3, 0.4) is 0 Å². The number of nitrogens with zero attached hydrogens (tertiary/aromatic N) is 1. The number of nitrogens with one attached hydrogen (secondary N) is 3. The number of hydrogen-bond donors (Lipinski definition) is 3. The molecular formula is C14H10ClF3N4. The van der Waals surface area contributed by atoms with Gasteiger partial charge in [0, 0.05) is 11.6 Å². The van der Waals surface area contributed by atoms with E-state index >= 15 is 0 Å². The van der Waals surface area contributed by atoms with Crippen molar-refractivity contribution in [2.75, 3.05) is 5.32 Å². The summed E-state index contributed by atoms with van der Waals surface area (Å²) >= 11 is 5.94. The van der Waals surface area contributed by atoms with Crippen LogP contribution in [0.2, 0.25) is 5.02 Å². The summed E-state index contributed by atoms with van der Waals surface area (Å²) in [5.74, 6) is 0.283. The van der Waals surface area contributed by atoms with Crippen LogP contribution in [0.15, 0.2) is 36.7 Å². The number of alkyl halides is 3. The van der Waals surface area contributed by atoms with Gasteiger partial charge in [-0.3, -0.25) is 5.41 Å². The van der Waals surface area contributed by atoms with Crippen LogP contribution in [-0.2, 0) is 6.18 Å². The third kappa shape index (κ3) is 3.07. The molecule has 0 saturated carbocycles. The minimum absolute atomic E-state index is 0.104. The quantitative estimate of drug-likeness (QED) is 0.568. The van der Waals surface area contributed by atoms with Crippen LogP contribution in [0.5, 0.6) is 0 Å². The summed E-state index contributed by atoms with van der Waals surface area (Å²) in [5, 5.41) is 21.5. The van der Waals surface area contributed by atoms with Crippen molar-refractivity contribution in [1.29, 1.82) is 10.7 Å². The van der Waals surface area contributed by atoms with Gasteiger partial charge in [0.2, 0.25) is 0 Å². The average molecular weight is 327 g/mol. The molecule has 2 rings (SSSR count). The first-order chi connectivity index (χ1) is 10.3. The number of allylic oxidation sites excluding steroid dienone is 1. The zero-order valence-corrected chi connectivity index (χ0v) is 11.8. The zero-order valence-electron chi connectivity index (χ0n) is 11.1. The summed E-state index contributed by atoms with van der Waals surface area (Å²) in [6.45, 7) is 3.58. The van der Waals surface area contributed by atoms with Gasteiger partial charge in [0.25, 0.3) is 0 Å². The van der Waals surface area contributed by atoms with Crippen LogP contribution >= 0.6 is 11.6 Å². The number of benzene rings is 1. The van der Waals surface area contributed by atoms with E-state index in [1.807, 2.05) is 0 Å². The Balaban J connectivity index is 2.54. The van der Waals surface area contributed by atoms with Crippen LogP contribution in [0.25, 0.3) is 0 Å². The summed E-state index contributed by atoms with van der Waals surface area (Å²) in [4.78, 5) is 0. The Hall–Kier alpha value is -2.46. The van der Waals surface area contributed by atoms with E-state index in [9.17, 15) is 13.2 Å². The van der Waals surface area contributed by atoms with Gasteiger partial charge in [-0.05, 0) is 12.1 Å². The van der Waals surface area contributed by atoms with Crippen molar-refractivity contribution in [2.24, 2.45) is 0 Å². The lowest BCUT2D eigenvalue weighted by Crippen LogP contribution is -2.31. The van der Waals surface area contributed by atoms with Gasteiger partial charge < -0.3 is 10.6 Å².